The predicted octanol–water partition coefficient (Wildman–Crippen LogP) is 5.55. The minimum atomic E-state index is 0.0580. The van der Waals surface area contributed by atoms with Gasteiger partial charge in [0.25, 0.3) is 0 Å². The molecular weight excluding hydrogens is 336 g/mol. The van der Waals surface area contributed by atoms with Crippen molar-refractivity contribution in [2.45, 2.75) is 26.7 Å². The fourth-order valence-electron chi connectivity index (χ4n) is 2.67. The Morgan fingerprint density at radius 2 is 1.73 bits per heavy atom. The van der Waals surface area contributed by atoms with Crippen LogP contribution in [0.3, 0.4) is 0 Å². The summed E-state index contributed by atoms with van der Waals surface area (Å²) in [7, 11) is 0. The maximum Gasteiger partial charge on any atom is 0.132 e. The number of benzene rings is 1. The molecule has 0 N–H and O–H groups in total. The van der Waals surface area contributed by atoms with Crippen LogP contribution < -0.4 is 0 Å². The van der Waals surface area contributed by atoms with Crippen LogP contribution in [0.25, 0.3) is 6.08 Å². The first kappa shape index (κ1) is 16.3. The first-order valence-electron chi connectivity index (χ1n) is 7.11. The van der Waals surface area contributed by atoms with Crippen LogP contribution in [0, 0.1) is 28.1 Å². The lowest BCUT2D eigenvalue weighted by atomic mass is 9.74. The van der Waals surface area contributed by atoms with Crippen molar-refractivity contribution in [1.82, 2.24) is 0 Å². The summed E-state index contributed by atoms with van der Waals surface area (Å²) >= 11 is 3.42. The van der Waals surface area contributed by atoms with Gasteiger partial charge in [0.2, 0.25) is 0 Å². The van der Waals surface area contributed by atoms with E-state index in [1.165, 1.54) is 0 Å². The minimum Gasteiger partial charge on any atom is -0.192 e. The van der Waals surface area contributed by atoms with E-state index in [-0.39, 0.29) is 11.0 Å². The summed E-state index contributed by atoms with van der Waals surface area (Å²) in [6.07, 6.45) is 7.83. The first-order valence-corrected chi connectivity index (χ1v) is 7.90. The summed E-state index contributed by atoms with van der Waals surface area (Å²) in [5, 5.41) is 18.2. The van der Waals surface area contributed by atoms with Gasteiger partial charge >= 0.3 is 0 Å². The molecule has 2 nitrogen and oxygen atoms in total. The van der Waals surface area contributed by atoms with Crippen molar-refractivity contribution in [3.8, 4) is 12.1 Å². The third kappa shape index (κ3) is 4.20. The van der Waals surface area contributed by atoms with Crippen molar-refractivity contribution < 1.29 is 0 Å². The maximum absolute atomic E-state index is 9.09. The van der Waals surface area contributed by atoms with Crippen molar-refractivity contribution in [3.63, 3.8) is 0 Å². The third-order valence-corrected chi connectivity index (χ3v) is 4.14. The topological polar surface area (TPSA) is 47.6 Å². The van der Waals surface area contributed by atoms with E-state index in [4.69, 9.17) is 10.5 Å². The summed E-state index contributed by atoms with van der Waals surface area (Å²) in [6, 6.07) is 12.1. The molecule has 0 amide bonds. The van der Waals surface area contributed by atoms with Crippen LogP contribution in [0.2, 0.25) is 0 Å². The van der Waals surface area contributed by atoms with E-state index in [2.05, 4.69) is 41.9 Å². The third-order valence-electron chi connectivity index (χ3n) is 3.62. The molecule has 0 aliphatic heterocycles. The van der Waals surface area contributed by atoms with Gasteiger partial charge in [-0.1, -0.05) is 60.1 Å². The number of halogens is 1. The summed E-state index contributed by atoms with van der Waals surface area (Å²) in [5.74, 6) is 0. The molecule has 0 saturated carbocycles. The van der Waals surface area contributed by atoms with Gasteiger partial charge in [-0.05, 0) is 47.1 Å². The van der Waals surface area contributed by atoms with E-state index in [1.54, 1.807) is 0 Å². The lowest BCUT2D eigenvalue weighted by Crippen LogP contribution is -2.17. The maximum atomic E-state index is 9.09. The molecule has 0 saturated heterocycles. The molecule has 3 heteroatoms. The number of hydrogen-bond acceptors (Lipinski definition) is 2. The van der Waals surface area contributed by atoms with Gasteiger partial charge in [0.15, 0.2) is 0 Å². The lowest BCUT2D eigenvalue weighted by molar-refractivity contribution is 0.354. The Balaban J connectivity index is 2.33. The molecule has 1 aromatic carbocycles. The minimum absolute atomic E-state index is 0.0580. The molecule has 0 aromatic heterocycles. The van der Waals surface area contributed by atoms with Gasteiger partial charge in [-0.15, -0.1) is 0 Å². The van der Waals surface area contributed by atoms with Gasteiger partial charge in [-0.2, -0.15) is 10.5 Å². The predicted molar refractivity (Wildman–Crippen MR) is 92.5 cm³/mol. The van der Waals surface area contributed by atoms with Gasteiger partial charge in [0, 0.05) is 4.47 Å². The Hall–Kier alpha value is -2.10. The highest BCUT2D eigenvalue weighted by molar-refractivity contribution is 9.10. The standard InChI is InChI=1S/C19H17BrN2/c1-19(2)10-15(9-16(11-19)17(12-21)13-22)4-3-14-5-7-18(20)8-6-14/h3-9H,10-11H2,1-2H3/b4-3+. The monoisotopic (exact) mass is 352 g/mol. The molecule has 2 rings (SSSR count). The van der Waals surface area contributed by atoms with Crippen LogP contribution in [-0.4, -0.2) is 0 Å². The zero-order valence-corrected chi connectivity index (χ0v) is 14.3. The molecule has 0 spiro atoms. The Morgan fingerprint density at radius 1 is 1.09 bits per heavy atom. The second-order valence-electron chi connectivity index (χ2n) is 6.25. The number of rotatable bonds is 2. The number of allylic oxidation sites excluding steroid dienone is 5. The number of nitrogens with zero attached hydrogens (tertiary/aromatic N) is 2. The second-order valence-corrected chi connectivity index (χ2v) is 7.16. The Labute approximate surface area is 140 Å². The molecule has 0 radical (unpaired) electrons. The van der Waals surface area contributed by atoms with Crippen molar-refractivity contribution in [2.75, 3.05) is 0 Å². The van der Waals surface area contributed by atoms with Gasteiger partial charge in [0.1, 0.15) is 17.7 Å². The summed E-state index contributed by atoms with van der Waals surface area (Å²) in [4.78, 5) is 0. The molecule has 0 fully saturated rings. The van der Waals surface area contributed by atoms with Crippen LogP contribution >= 0.6 is 15.9 Å². The first-order chi connectivity index (χ1) is 10.4. The van der Waals surface area contributed by atoms with Gasteiger partial charge in [0.05, 0.1) is 0 Å². The van der Waals surface area contributed by atoms with E-state index in [1.807, 2.05) is 42.5 Å². The second kappa shape index (κ2) is 6.77. The highest BCUT2D eigenvalue weighted by Gasteiger charge is 2.26. The Morgan fingerprint density at radius 3 is 2.32 bits per heavy atom. The molecule has 0 bridgehead atoms. The van der Waals surface area contributed by atoms with Crippen LogP contribution in [0.1, 0.15) is 32.3 Å². The average Bonchev–Trinajstić information content (AvgIpc) is 2.46. The van der Waals surface area contributed by atoms with E-state index in [9.17, 15) is 0 Å². The van der Waals surface area contributed by atoms with Crippen LogP contribution in [0.15, 0.2) is 57.6 Å². The highest BCUT2D eigenvalue weighted by atomic mass is 79.9. The van der Waals surface area contributed by atoms with E-state index in [0.717, 1.165) is 34.0 Å². The molecule has 1 aliphatic rings. The SMILES string of the molecule is CC1(C)CC(/C=C/c2ccc(Br)cc2)=CC(=C(C#N)C#N)C1. The average molecular weight is 353 g/mol. The summed E-state index contributed by atoms with van der Waals surface area (Å²) in [5.41, 5.74) is 3.40. The van der Waals surface area contributed by atoms with Crippen LogP contribution in [0.5, 0.6) is 0 Å². The van der Waals surface area contributed by atoms with Crippen molar-refractivity contribution >= 4 is 22.0 Å². The molecule has 0 heterocycles. The van der Waals surface area contributed by atoms with Crippen LogP contribution in [0.4, 0.5) is 0 Å². The summed E-state index contributed by atoms with van der Waals surface area (Å²) < 4.78 is 1.06. The molecule has 110 valence electrons. The van der Waals surface area contributed by atoms with Crippen LogP contribution in [-0.2, 0) is 0 Å². The molecular formula is C19H17BrN2. The van der Waals surface area contributed by atoms with E-state index in [0.29, 0.717) is 0 Å². The molecule has 1 aromatic rings. The molecule has 22 heavy (non-hydrogen) atoms. The molecule has 0 unspecified atom stereocenters. The Bertz CT molecular complexity index is 719. The fraction of sp³-hybridized carbons (Fsp3) is 0.263. The smallest absolute Gasteiger partial charge is 0.132 e. The highest BCUT2D eigenvalue weighted by Crippen LogP contribution is 2.39. The Kier molecular flexibility index (Phi) is 5.01. The van der Waals surface area contributed by atoms with E-state index >= 15 is 0 Å². The number of hydrogen-bond donors (Lipinski definition) is 0. The molecule has 1 aliphatic carbocycles. The number of nitriles is 2. The lowest BCUT2D eigenvalue weighted by Gasteiger charge is -2.30. The quantitative estimate of drug-likeness (QED) is 0.654. The van der Waals surface area contributed by atoms with E-state index < -0.39 is 0 Å². The fourth-order valence-corrected chi connectivity index (χ4v) is 2.93. The zero-order chi connectivity index (χ0) is 16.2. The normalized spacial score (nSPS) is 16.8. The zero-order valence-electron chi connectivity index (χ0n) is 12.7. The van der Waals surface area contributed by atoms with Crippen molar-refractivity contribution in [3.05, 3.63) is 63.2 Å². The largest absolute Gasteiger partial charge is 0.192 e. The molecule has 0 atom stereocenters. The summed E-state index contributed by atoms with van der Waals surface area (Å²) in [6.45, 7) is 4.33. The van der Waals surface area contributed by atoms with Gasteiger partial charge < -0.3 is 0 Å². The van der Waals surface area contributed by atoms with Gasteiger partial charge in [-0.25, -0.2) is 0 Å². The van der Waals surface area contributed by atoms with Gasteiger partial charge in [-0.3, -0.25) is 0 Å². The van der Waals surface area contributed by atoms with Crippen molar-refractivity contribution in [2.24, 2.45) is 5.41 Å². The van der Waals surface area contributed by atoms with Crippen molar-refractivity contribution in [1.29, 1.82) is 10.5 Å².